The highest BCUT2D eigenvalue weighted by atomic mass is 32.2. The van der Waals surface area contributed by atoms with Gasteiger partial charge in [0, 0.05) is 18.8 Å². The topological polar surface area (TPSA) is 83.5 Å². The molecule has 0 amide bonds. The number of rotatable bonds is 3. The zero-order valence-electron chi connectivity index (χ0n) is 10.9. The molecular formula is C13H17NO4S. The number of aliphatic carboxylic acids is 1. The summed E-state index contributed by atoms with van der Waals surface area (Å²) < 4.78 is 23.1. The molecule has 5 nitrogen and oxygen atoms in total. The summed E-state index contributed by atoms with van der Waals surface area (Å²) in [7, 11) is -3.25. The number of carboxylic acids is 1. The fraction of sp³-hybridized carbons (Fsp3) is 0.462. The molecule has 2 N–H and O–H groups in total. The molecule has 1 aliphatic rings. The summed E-state index contributed by atoms with van der Waals surface area (Å²) in [5, 5.41) is 12.1. The van der Waals surface area contributed by atoms with E-state index in [0.717, 1.165) is 11.1 Å². The van der Waals surface area contributed by atoms with Gasteiger partial charge < -0.3 is 10.4 Å². The van der Waals surface area contributed by atoms with Crippen LogP contribution in [0.1, 0.15) is 23.6 Å². The smallest absolute Gasteiger partial charge is 0.307 e. The normalized spacial score (nSPS) is 23.5. The highest BCUT2D eigenvalue weighted by Crippen LogP contribution is 2.30. The van der Waals surface area contributed by atoms with Gasteiger partial charge in [0.05, 0.1) is 10.8 Å². The van der Waals surface area contributed by atoms with Crippen LogP contribution in [-0.2, 0) is 14.6 Å². The second kappa shape index (κ2) is 4.94. The van der Waals surface area contributed by atoms with Gasteiger partial charge in [-0.1, -0.05) is 6.07 Å². The van der Waals surface area contributed by atoms with Gasteiger partial charge in [-0.25, -0.2) is 8.42 Å². The Labute approximate surface area is 112 Å². The molecule has 19 heavy (non-hydrogen) atoms. The van der Waals surface area contributed by atoms with E-state index in [0.29, 0.717) is 13.0 Å². The molecule has 1 saturated heterocycles. The Bertz CT molecular complexity index is 609. The fourth-order valence-corrected chi connectivity index (χ4v) is 3.04. The number of hydrogen-bond acceptors (Lipinski definition) is 4. The lowest BCUT2D eigenvalue weighted by Gasteiger charge is -2.15. The van der Waals surface area contributed by atoms with Crippen molar-refractivity contribution in [2.45, 2.75) is 24.3 Å². The highest BCUT2D eigenvalue weighted by molar-refractivity contribution is 7.90. The van der Waals surface area contributed by atoms with Crippen LogP contribution in [-0.4, -0.2) is 32.3 Å². The third-order valence-electron chi connectivity index (χ3n) is 3.53. The summed E-state index contributed by atoms with van der Waals surface area (Å²) in [6.07, 6.45) is 1.66. The number of benzene rings is 1. The number of sulfone groups is 1. The van der Waals surface area contributed by atoms with Gasteiger partial charge in [-0.05, 0) is 36.6 Å². The average molecular weight is 283 g/mol. The van der Waals surface area contributed by atoms with E-state index < -0.39 is 21.7 Å². The van der Waals surface area contributed by atoms with E-state index in [1.165, 1.54) is 6.26 Å². The Hall–Kier alpha value is -1.40. The Balaban J connectivity index is 2.33. The van der Waals surface area contributed by atoms with Gasteiger partial charge in [0.2, 0.25) is 0 Å². The molecule has 104 valence electrons. The minimum atomic E-state index is -3.25. The number of nitrogens with one attached hydrogen (secondary N) is 1. The zero-order chi connectivity index (χ0) is 14.2. The summed E-state index contributed by atoms with van der Waals surface area (Å²) in [5.74, 6) is -1.22. The van der Waals surface area contributed by atoms with Crippen molar-refractivity contribution in [3.05, 3.63) is 29.3 Å². The van der Waals surface area contributed by atoms with Crippen LogP contribution in [0.2, 0.25) is 0 Å². The van der Waals surface area contributed by atoms with Crippen LogP contribution >= 0.6 is 0 Å². The molecule has 0 bridgehead atoms. The lowest BCUT2D eigenvalue weighted by Crippen LogP contribution is -2.17. The monoisotopic (exact) mass is 283 g/mol. The standard InChI is InChI=1S/C13H17NO4S/c1-8-3-4-10(19(2,17)18)6-11(8)12-5-9(7-14-12)13(15)16/h3-4,6,9,12,14H,5,7H2,1-2H3,(H,15,16). The van der Waals surface area contributed by atoms with Crippen molar-refractivity contribution in [2.24, 2.45) is 5.92 Å². The first kappa shape index (κ1) is 14.0. The average Bonchev–Trinajstić information content (AvgIpc) is 2.77. The van der Waals surface area contributed by atoms with Crippen LogP contribution in [0.15, 0.2) is 23.1 Å². The predicted molar refractivity (Wildman–Crippen MR) is 70.8 cm³/mol. The largest absolute Gasteiger partial charge is 0.481 e. The van der Waals surface area contributed by atoms with Gasteiger partial charge in [-0.3, -0.25) is 4.79 Å². The molecule has 0 saturated carbocycles. The van der Waals surface area contributed by atoms with Crippen molar-refractivity contribution < 1.29 is 18.3 Å². The Kier molecular flexibility index (Phi) is 3.64. The van der Waals surface area contributed by atoms with Gasteiger partial charge in [0.1, 0.15) is 0 Å². The third-order valence-corrected chi connectivity index (χ3v) is 4.64. The van der Waals surface area contributed by atoms with Crippen LogP contribution in [0.25, 0.3) is 0 Å². The summed E-state index contributed by atoms with van der Waals surface area (Å²) in [6.45, 7) is 2.32. The van der Waals surface area contributed by atoms with Crippen molar-refractivity contribution in [3.8, 4) is 0 Å². The van der Waals surface area contributed by atoms with E-state index in [1.807, 2.05) is 6.92 Å². The molecule has 2 unspecified atom stereocenters. The maximum atomic E-state index is 11.6. The van der Waals surface area contributed by atoms with Crippen LogP contribution in [0.4, 0.5) is 0 Å². The van der Waals surface area contributed by atoms with Gasteiger partial charge in [0.25, 0.3) is 0 Å². The molecule has 1 aliphatic heterocycles. The molecule has 0 aromatic heterocycles. The van der Waals surface area contributed by atoms with E-state index in [-0.39, 0.29) is 10.9 Å². The van der Waals surface area contributed by atoms with Gasteiger partial charge in [-0.2, -0.15) is 0 Å². The van der Waals surface area contributed by atoms with Crippen molar-refractivity contribution in [1.29, 1.82) is 0 Å². The lowest BCUT2D eigenvalue weighted by atomic mass is 9.97. The maximum absolute atomic E-state index is 11.6. The molecule has 1 aromatic rings. The summed E-state index contributed by atoms with van der Waals surface area (Å²) in [5.41, 5.74) is 1.84. The summed E-state index contributed by atoms with van der Waals surface area (Å²) in [4.78, 5) is 11.2. The van der Waals surface area contributed by atoms with Crippen molar-refractivity contribution in [2.75, 3.05) is 12.8 Å². The first-order valence-electron chi connectivity index (χ1n) is 6.06. The maximum Gasteiger partial charge on any atom is 0.307 e. The van der Waals surface area contributed by atoms with E-state index in [9.17, 15) is 13.2 Å². The molecule has 1 heterocycles. The van der Waals surface area contributed by atoms with Gasteiger partial charge in [0.15, 0.2) is 9.84 Å². The predicted octanol–water partition coefficient (Wildman–Crippen LogP) is 1.13. The molecule has 0 radical (unpaired) electrons. The zero-order valence-corrected chi connectivity index (χ0v) is 11.7. The minimum Gasteiger partial charge on any atom is -0.481 e. The molecule has 1 aromatic carbocycles. The first-order valence-corrected chi connectivity index (χ1v) is 7.95. The van der Waals surface area contributed by atoms with Crippen molar-refractivity contribution >= 4 is 15.8 Å². The van der Waals surface area contributed by atoms with E-state index >= 15 is 0 Å². The van der Waals surface area contributed by atoms with Crippen molar-refractivity contribution in [3.63, 3.8) is 0 Å². The molecular weight excluding hydrogens is 266 g/mol. The van der Waals surface area contributed by atoms with Gasteiger partial charge in [-0.15, -0.1) is 0 Å². The second-order valence-electron chi connectivity index (χ2n) is 5.02. The second-order valence-corrected chi connectivity index (χ2v) is 7.04. The van der Waals surface area contributed by atoms with E-state index in [2.05, 4.69) is 5.32 Å². The van der Waals surface area contributed by atoms with Crippen LogP contribution in [0.3, 0.4) is 0 Å². The quantitative estimate of drug-likeness (QED) is 0.869. The van der Waals surface area contributed by atoms with Crippen molar-refractivity contribution in [1.82, 2.24) is 5.32 Å². The Morgan fingerprint density at radius 3 is 2.63 bits per heavy atom. The number of carbonyl (C=O) groups is 1. The highest BCUT2D eigenvalue weighted by Gasteiger charge is 2.31. The Morgan fingerprint density at radius 1 is 1.42 bits per heavy atom. The molecule has 0 spiro atoms. The fourth-order valence-electron chi connectivity index (χ4n) is 2.39. The Morgan fingerprint density at radius 2 is 2.11 bits per heavy atom. The third kappa shape index (κ3) is 2.96. The number of aryl methyl sites for hydroxylation is 1. The van der Waals surface area contributed by atoms with Gasteiger partial charge >= 0.3 is 5.97 Å². The van der Waals surface area contributed by atoms with E-state index in [1.54, 1.807) is 18.2 Å². The molecule has 2 atom stereocenters. The SMILES string of the molecule is Cc1ccc(S(C)(=O)=O)cc1C1CC(C(=O)O)CN1. The molecule has 1 fully saturated rings. The first-order chi connectivity index (χ1) is 8.79. The number of carboxylic acid groups (broad SMARTS) is 1. The lowest BCUT2D eigenvalue weighted by molar-refractivity contribution is -0.141. The van der Waals surface area contributed by atoms with Crippen LogP contribution in [0.5, 0.6) is 0 Å². The summed E-state index contributed by atoms with van der Waals surface area (Å²) >= 11 is 0. The molecule has 6 heteroatoms. The molecule has 0 aliphatic carbocycles. The van der Waals surface area contributed by atoms with Crippen LogP contribution < -0.4 is 5.32 Å². The van der Waals surface area contributed by atoms with E-state index in [4.69, 9.17) is 5.11 Å². The minimum absolute atomic E-state index is 0.0946. The number of hydrogen-bond donors (Lipinski definition) is 2. The van der Waals surface area contributed by atoms with Crippen LogP contribution in [0, 0.1) is 12.8 Å². The summed E-state index contributed by atoms with van der Waals surface area (Å²) in [6, 6.07) is 4.90. The molecule has 2 rings (SSSR count).